The van der Waals surface area contributed by atoms with Gasteiger partial charge in [0.05, 0.1) is 11.9 Å². The summed E-state index contributed by atoms with van der Waals surface area (Å²) in [5, 5.41) is 19.9. The van der Waals surface area contributed by atoms with E-state index in [1.807, 2.05) is 0 Å². The largest absolute Gasteiger partial charge is 0.391 e. The standard InChI is InChI=1S/C20H44NO7PS/c1-3-5-7-9-10-11-12-14-16-30(27,28)21-18(15-13-8-6-4-2)19(22)17-20(23)29(24,25)26/h18-23H,3-17H2,1-2H3,(H2,24,25,26). The van der Waals surface area contributed by atoms with Crippen molar-refractivity contribution >= 4 is 17.6 Å². The lowest BCUT2D eigenvalue weighted by atomic mass is 10.0. The molecule has 3 atom stereocenters. The first kappa shape index (κ1) is 30.0. The summed E-state index contributed by atoms with van der Waals surface area (Å²) in [6.07, 6.45) is 10.2. The number of hydrogen-bond donors (Lipinski definition) is 5. The van der Waals surface area contributed by atoms with Gasteiger partial charge in [-0.2, -0.15) is 0 Å². The second kappa shape index (κ2) is 16.6. The molecular weight excluding hydrogens is 429 g/mol. The molecule has 0 rings (SSSR count). The smallest absolute Gasteiger partial charge is 0.353 e. The van der Waals surface area contributed by atoms with Gasteiger partial charge in [0.15, 0.2) is 5.85 Å². The molecule has 30 heavy (non-hydrogen) atoms. The Morgan fingerprint density at radius 1 is 0.800 bits per heavy atom. The molecule has 182 valence electrons. The number of nitrogens with one attached hydrogen (secondary N) is 1. The fourth-order valence-corrected chi connectivity index (χ4v) is 5.28. The minimum Gasteiger partial charge on any atom is -0.391 e. The maximum atomic E-state index is 12.5. The maximum absolute atomic E-state index is 12.5. The fraction of sp³-hybridized carbons (Fsp3) is 1.00. The highest BCUT2D eigenvalue weighted by molar-refractivity contribution is 7.89. The zero-order valence-electron chi connectivity index (χ0n) is 18.7. The van der Waals surface area contributed by atoms with Crippen LogP contribution in [0.1, 0.15) is 104 Å². The quantitative estimate of drug-likeness (QED) is 0.134. The van der Waals surface area contributed by atoms with Crippen molar-refractivity contribution in [2.45, 2.75) is 122 Å². The molecule has 0 fully saturated rings. The van der Waals surface area contributed by atoms with Crippen LogP contribution in [0.5, 0.6) is 0 Å². The lowest BCUT2D eigenvalue weighted by Crippen LogP contribution is -2.45. The topological polar surface area (TPSA) is 144 Å². The highest BCUT2D eigenvalue weighted by Crippen LogP contribution is 2.42. The lowest BCUT2D eigenvalue weighted by molar-refractivity contribution is 0.0774. The minimum absolute atomic E-state index is 0.0405. The first-order chi connectivity index (χ1) is 14.0. The van der Waals surface area contributed by atoms with E-state index < -0.39 is 42.0 Å². The Balaban J connectivity index is 4.60. The average molecular weight is 474 g/mol. The van der Waals surface area contributed by atoms with Crippen LogP contribution in [0.3, 0.4) is 0 Å². The van der Waals surface area contributed by atoms with Gasteiger partial charge in [0.25, 0.3) is 0 Å². The van der Waals surface area contributed by atoms with Gasteiger partial charge in [0, 0.05) is 12.5 Å². The van der Waals surface area contributed by atoms with Crippen LogP contribution in [0.4, 0.5) is 0 Å². The molecule has 8 nitrogen and oxygen atoms in total. The van der Waals surface area contributed by atoms with Crippen LogP contribution in [-0.4, -0.2) is 52.2 Å². The van der Waals surface area contributed by atoms with Crippen molar-refractivity contribution in [2.75, 3.05) is 5.75 Å². The minimum atomic E-state index is -4.76. The van der Waals surface area contributed by atoms with Crippen molar-refractivity contribution < 1.29 is 33.0 Å². The Hall–Kier alpha value is -0.0200. The van der Waals surface area contributed by atoms with E-state index in [0.717, 1.165) is 38.5 Å². The summed E-state index contributed by atoms with van der Waals surface area (Å²) < 4.78 is 38.6. The average Bonchev–Trinajstić information content (AvgIpc) is 2.65. The number of aliphatic hydroxyl groups excluding tert-OH is 2. The highest BCUT2D eigenvalue weighted by Gasteiger charge is 2.33. The molecule has 0 aliphatic heterocycles. The van der Waals surface area contributed by atoms with Crippen LogP contribution >= 0.6 is 7.60 Å². The van der Waals surface area contributed by atoms with E-state index in [4.69, 9.17) is 9.79 Å². The zero-order valence-corrected chi connectivity index (χ0v) is 20.4. The molecule has 0 heterocycles. The Kier molecular flexibility index (Phi) is 16.6. The first-order valence-corrected chi connectivity index (χ1v) is 14.8. The molecule has 10 heteroatoms. The normalized spacial score (nSPS) is 15.8. The first-order valence-electron chi connectivity index (χ1n) is 11.4. The molecular formula is C20H44NO7PS. The summed E-state index contributed by atoms with van der Waals surface area (Å²) in [6.45, 7) is 4.22. The molecule has 0 saturated heterocycles. The summed E-state index contributed by atoms with van der Waals surface area (Å²) in [4.78, 5) is 18.1. The van der Waals surface area contributed by atoms with Gasteiger partial charge in [-0.15, -0.1) is 0 Å². The van der Waals surface area contributed by atoms with E-state index in [9.17, 15) is 23.2 Å². The molecule has 0 bridgehead atoms. The van der Waals surface area contributed by atoms with Gasteiger partial charge >= 0.3 is 7.60 Å². The van der Waals surface area contributed by atoms with Crippen molar-refractivity contribution in [3.8, 4) is 0 Å². The van der Waals surface area contributed by atoms with Crippen LogP contribution in [0.25, 0.3) is 0 Å². The predicted molar refractivity (Wildman–Crippen MR) is 121 cm³/mol. The molecule has 0 spiro atoms. The van der Waals surface area contributed by atoms with Gasteiger partial charge < -0.3 is 20.0 Å². The Morgan fingerprint density at radius 3 is 1.77 bits per heavy atom. The van der Waals surface area contributed by atoms with Gasteiger partial charge in [0.2, 0.25) is 10.0 Å². The third kappa shape index (κ3) is 15.7. The van der Waals surface area contributed by atoms with Crippen LogP contribution < -0.4 is 4.72 Å². The molecule has 0 aliphatic carbocycles. The maximum Gasteiger partial charge on any atom is 0.353 e. The zero-order chi connectivity index (χ0) is 23.0. The number of rotatable bonds is 20. The second-order valence-corrected chi connectivity index (χ2v) is 11.9. The van der Waals surface area contributed by atoms with Crippen LogP contribution in [0.2, 0.25) is 0 Å². The van der Waals surface area contributed by atoms with Crippen molar-refractivity contribution in [3.63, 3.8) is 0 Å². The van der Waals surface area contributed by atoms with E-state index in [0.29, 0.717) is 19.3 Å². The van der Waals surface area contributed by atoms with Crippen LogP contribution in [0.15, 0.2) is 0 Å². The van der Waals surface area contributed by atoms with Gasteiger partial charge in [0.1, 0.15) is 0 Å². The van der Waals surface area contributed by atoms with Crippen molar-refractivity contribution in [2.24, 2.45) is 0 Å². The number of unbranched alkanes of at least 4 members (excludes halogenated alkanes) is 10. The third-order valence-electron chi connectivity index (χ3n) is 5.27. The molecule has 0 saturated carbocycles. The van der Waals surface area contributed by atoms with E-state index in [1.54, 1.807) is 0 Å². The fourth-order valence-electron chi connectivity index (χ4n) is 3.35. The van der Waals surface area contributed by atoms with Gasteiger partial charge in [-0.3, -0.25) is 4.57 Å². The summed E-state index contributed by atoms with van der Waals surface area (Å²) in [5.41, 5.74) is 0. The molecule has 3 unspecified atom stereocenters. The van der Waals surface area contributed by atoms with Crippen molar-refractivity contribution in [1.82, 2.24) is 4.72 Å². The summed E-state index contributed by atoms with van der Waals surface area (Å²) in [7, 11) is -8.38. The summed E-state index contributed by atoms with van der Waals surface area (Å²) in [5.74, 6) is -2.05. The molecule has 0 amide bonds. The third-order valence-corrected chi connectivity index (χ3v) is 7.75. The monoisotopic (exact) mass is 473 g/mol. The molecule has 0 aliphatic rings. The second-order valence-electron chi connectivity index (χ2n) is 8.24. The van der Waals surface area contributed by atoms with Crippen molar-refractivity contribution in [1.29, 1.82) is 0 Å². The molecule has 0 aromatic carbocycles. The number of sulfonamides is 1. The van der Waals surface area contributed by atoms with E-state index >= 15 is 0 Å². The summed E-state index contributed by atoms with van der Waals surface area (Å²) >= 11 is 0. The SMILES string of the molecule is CCCCCCCCCCS(=O)(=O)NC(CCCCCC)C(O)CC(O)P(=O)(O)O. The van der Waals surface area contributed by atoms with E-state index in [2.05, 4.69) is 18.6 Å². The lowest BCUT2D eigenvalue weighted by Gasteiger charge is -2.26. The van der Waals surface area contributed by atoms with Gasteiger partial charge in [-0.05, 0) is 12.8 Å². The van der Waals surface area contributed by atoms with E-state index in [-0.39, 0.29) is 5.75 Å². The van der Waals surface area contributed by atoms with Crippen LogP contribution in [-0.2, 0) is 14.6 Å². The Labute approximate surface area is 183 Å². The van der Waals surface area contributed by atoms with E-state index in [1.165, 1.54) is 25.7 Å². The Bertz CT molecular complexity index is 568. The highest BCUT2D eigenvalue weighted by atomic mass is 32.2. The van der Waals surface area contributed by atoms with Crippen molar-refractivity contribution in [3.05, 3.63) is 0 Å². The van der Waals surface area contributed by atoms with Crippen LogP contribution in [0, 0.1) is 0 Å². The molecule has 0 aromatic rings. The predicted octanol–water partition coefficient (Wildman–Crippen LogP) is 3.63. The van der Waals surface area contributed by atoms with Gasteiger partial charge in [-0.1, -0.05) is 84.5 Å². The number of aliphatic hydroxyl groups is 2. The number of hydrogen-bond acceptors (Lipinski definition) is 5. The molecule has 0 radical (unpaired) electrons. The van der Waals surface area contributed by atoms with Gasteiger partial charge in [-0.25, -0.2) is 13.1 Å². The molecule has 5 N–H and O–H groups in total. The molecule has 0 aromatic heterocycles. The Morgan fingerprint density at radius 2 is 1.27 bits per heavy atom. The summed E-state index contributed by atoms with van der Waals surface area (Å²) in [6, 6.07) is -0.873.